The van der Waals surface area contributed by atoms with Gasteiger partial charge in [-0.3, -0.25) is 4.79 Å². The second kappa shape index (κ2) is 5.63. The van der Waals surface area contributed by atoms with Crippen molar-refractivity contribution in [1.29, 1.82) is 0 Å². The average Bonchev–Trinajstić information content (AvgIpc) is 2.25. The SMILES string of the molecule is CC(C)N(CC(N)=O)c1ccc([C@H](C)O)cn1. The lowest BCUT2D eigenvalue weighted by Crippen LogP contribution is -2.39. The van der Waals surface area contributed by atoms with Crippen LogP contribution in [0.4, 0.5) is 5.82 Å². The Labute approximate surface area is 101 Å². The predicted molar refractivity (Wildman–Crippen MR) is 66.5 cm³/mol. The maximum atomic E-state index is 11.0. The Morgan fingerprint density at radius 3 is 2.47 bits per heavy atom. The van der Waals surface area contributed by atoms with E-state index in [2.05, 4.69) is 4.98 Å². The molecule has 5 heteroatoms. The van der Waals surface area contributed by atoms with Crippen LogP contribution in [0.25, 0.3) is 0 Å². The zero-order valence-electron chi connectivity index (χ0n) is 10.4. The lowest BCUT2D eigenvalue weighted by atomic mass is 10.2. The summed E-state index contributed by atoms with van der Waals surface area (Å²) in [7, 11) is 0. The molecule has 0 aliphatic rings. The van der Waals surface area contributed by atoms with Crippen molar-refractivity contribution in [3.63, 3.8) is 0 Å². The molecule has 0 aliphatic carbocycles. The summed E-state index contributed by atoms with van der Waals surface area (Å²) in [4.78, 5) is 17.0. The van der Waals surface area contributed by atoms with E-state index in [1.54, 1.807) is 25.3 Å². The van der Waals surface area contributed by atoms with Gasteiger partial charge in [0.25, 0.3) is 0 Å². The van der Waals surface area contributed by atoms with E-state index in [9.17, 15) is 9.90 Å². The van der Waals surface area contributed by atoms with E-state index in [0.717, 1.165) is 5.56 Å². The van der Waals surface area contributed by atoms with E-state index < -0.39 is 6.10 Å². The van der Waals surface area contributed by atoms with Crippen molar-refractivity contribution in [2.45, 2.75) is 32.9 Å². The van der Waals surface area contributed by atoms with Gasteiger partial charge >= 0.3 is 0 Å². The van der Waals surface area contributed by atoms with E-state index in [4.69, 9.17) is 5.73 Å². The Morgan fingerprint density at radius 2 is 2.12 bits per heavy atom. The number of anilines is 1. The van der Waals surface area contributed by atoms with Crippen molar-refractivity contribution in [2.24, 2.45) is 5.73 Å². The Kier molecular flexibility index (Phi) is 4.45. The maximum absolute atomic E-state index is 11.0. The van der Waals surface area contributed by atoms with E-state index in [1.165, 1.54) is 0 Å². The third-order valence-corrected chi connectivity index (χ3v) is 2.50. The normalized spacial score (nSPS) is 12.5. The summed E-state index contributed by atoms with van der Waals surface area (Å²) in [6.07, 6.45) is 1.07. The number of primary amides is 1. The van der Waals surface area contributed by atoms with Crippen LogP contribution in [0, 0.1) is 0 Å². The van der Waals surface area contributed by atoms with Gasteiger partial charge in [-0.25, -0.2) is 4.98 Å². The quantitative estimate of drug-likeness (QED) is 0.795. The molecular weight excluding hydrogens is 218 g/mol. The van der Waals surface area contributed by atoms with Gasteiger partial charge in [0.15, 0.2) is 0 Å². The molecule has 0 aromatic carbocycles. The van der Waals surface area contributed by atoms with Crippen molar-refractivity contribution < 1.29 is 9.90 Å². The minimum absolute atomic E-state index is 0.132. The molecule has 1 rings (SSSR count). The number of amides is 1. The van der Waals surface area contributed by atoms with Crippen molar-refractivity contribution >= 4 is 11.7 Å². The average molecular weight is 237 g/mol. The molecule has 1 aromatic heterocycles. The fraction of sp³-hybridized carbons (Fsp3) is 0.500. The van der Waals surface area contributed by atoms with Gasteiger partial charge in [0.1, 0.15) is 5.82 Å². The minimum Gasteiger partial charge on any atom is -0.389 e. The van der Waals surface area contributed by atoms with Gasteiger partial charge < -0.3 is 15.7 Å². The number of nitrogens with two attached hydrogens (primary N) is 1. The van der Waals surface area contributed by atoms with Crippen molar-refractivity contribution in [3.8, 4) is 0 Å². The van der Waals surface area contributed by atoms with Crippen LogP contribution < -0.4 is 10.6 Å². The molecule has 1 heterocycles. The van der Waals surface area contributed by atoms with Gasteiger partial charge in [-0.1, -0.05) is 6.07 Å². The highest BCUT2D eigenvalue weighted by molar-refractivity contribution is 5.79. The number of pyridine rings is 1. The lowest BCUT2D eigenvalue weighted by molar-refractivity contribution is -0.116. The Morgan fingerprint density at radius 1 is 1.47 bits per heavy atom. The Hall–Kier alpha value is -1.62. The van der Waals surface area contributed by atoms with Crippen LogP contribution in [0.3, 0.4) is 0 Å². The monoisotopic (exact) mass is 237 g/mol. The van der Waals surface area contributed by atoms with Crippen LogP contribution in [-0.2, 0) is 4.79 Å². The molecule has 3 N–H and O–H groups in total. The Bertz CT molecular complexity index is 374. The zero-order chi connectivity index (χ0) is 13.0. The van der Waals surface area contributed by atoms with Crippen LogP contribution in [0.2, 0.25) is 0 Å². The van der Waals surface area contributed by atoms with Gasteiger partial charge in [-0.15, -0.1) is 0 Å². The fourth-order valence-electron chi connectivity index (χ4n) is 1.51. The third-order valence-electron chi connectivity index (χ3n) is 2.50. The Balaban J connectivity index is 2.91. The van der Waals surface area contributed by atoms with E-state index >= 15 is 0 Å². The number of aliphatic hydroxyl groups excluding tert-OH is 1. The second-order valence-corrected chi connectivity index (χ2v) is 4.31. The summed E-state index contributed by atoms with van der Waals surface area (Å²) in [6, 6.07) is 3.71. The molecule has 0 saturated carbocycles. The van der Waals surface area contributed by atoms with Crippen LogP contribution in [-0.4, -0.2) is 28.6 Å². The first-order valence-electron chi connectivity index (χ1n) is 5.60. The number of carbonyl (C=O) groups excluding carboxylic acids is 1. The van der Waals surface area contributed by atoms with E-state index in [-0.39, 0.29) is 18.5 Å². The van der Waals surface area contributed by atoms with Crippen LogP contribution in [0.1, 0.15) is 32.4 Å². The molecule has 5 nitrogen and oxygen atoms in total. The van der Waals surface area contributed by atoms with Gasteiger partial charge in [0, 0.05) is 12.2 Å². The molecule has 17 heavy (non-hydrogen) atoms. The number of hydrogen-bond acceptors (Lipinski definition) is 4. The highest BCUT2D eigenvalue weighted by atomic mass is 16.3. The fourth-order valence-corrected chi connectivity index (χ4v) is 1.51. The van der Waals surface area contributed by atoms with Crippen LogP contribution >= 0.6 is 0 Å². The topological polar surface area (TPSA) is 79.5 Å². The predicted octanol–water partition coefficient (Wildman–Crippen LogP) is 0.835. The molecule has 0 aliphatic heterocycles. The molecule has 0 fully saturated rings. The second-order valence-electron chi connectivity index (χ2n) is 4.31. The van der Waals surface area contributed by atoms with E-state index in [0.29, 0.717) is 5.82 Å². The highest BCUT2D eigenvalue weighted by Crippen LogP contribution is 2.17. The van der Waals surface area contributed by atoms with E-state index in [1.807, 2.05) is 18.7 Å². The molecular formula is C12H19N3O2. The summed E-state index contributed by atoms with van der Waals surface area (Å²) < 4.78 is 0. The van der Waals surface area contributed by atoms with Gasteiger partial charge in [0.2, 0.25) is 5.91 Å². The van der Waals surface area contributed by atoms with Crippen molar-refractivity contribution in [3.05, 3.63) is 23.9 Å². The first-order chi connectivity index (χ1) is 7.91. The maximum Gasteiger partial charge on any atom is 0.237 e. The number of aliphatic hydroxyl groups is 1. The molecule has 0 unspecified atom stereocenters. The lowest BCUT2D eigenvalue weighted by Gasteiger charge is -2.26. The highest BCUT2D eigenvalue weighted by Gasteiger charge is 2.14. The number of rotatable bonds is 5. The number of hydrogen-bond donors (Lipinski definition) is 2. The summed E-state index contributed by atoms with van der Waals surface area (Å²) in [5.41, 5.74) is 5.95. The molecule has 1 amide bonds. The molecule has 94 valence electrons. The number of carbonyl (C=O) groups is 1. The minimum atomic E-state index is -0.541. The molecule has 0 radical (unpaired) electrons. The smallest absolute Gasteiger partial charge is 0.237 e. The first-order valence-corrected chi connectivity index (χ1v) is 5.60. The van der Waals surface area contributed by atoms with Crippen molar-refractivity contribution in [2.75, 3.05) is 11.4 Å². The zero-order valence-corrected chi connectivity index (χ0v) is 10.4. The third kappa shape index (κ3) is 3.71. The van der Waals surface area contributed by atoms with Gasteiger partial charge in [0.05, 0.1) is 12.6 Å². The molecule has 0 saturated heterocycles. The largest absolute Gasteiger partial charge is 0.389 e. The van der Waals surface area contributed by atoms with Gasteiger partial charge in [-0.2, -0.15) is 0 Å². The summed E-state index contributed by atoms with van der Waals surface area (Å²) in [6.45, 7) is 5.75. The summed E-state index contributed by atoms with van der Waals surface area (Å²) in [5, 5.41) is 9.38. The standard InChI is InChI=1S/C12H19N3O2/c1-8(2)15(7-11(13)17)12-5-4-10(6-14-12)9(3)16/h4-6,8-9,16H,7H2,1-3H3,(H2,13,17)/t9-/m0/s1. The molecule has 1 atom stereocenters. The molecule has 0 spiro atoms. The molecule has 1 aromatic rings. The first kappa shape index (κ1) is 13.4. The van der Waals surface area contributed by atoms with Crippen molar-refractivity contribution in [1.82, 2.24) is 4.98 Å². The van der Waals surface area contributed by atoms with Gasteiger partial charge in [-0.05, 0) is 32.4 Å². The summed E-state index contributed by atoms with van der Waals surface area (Å²) in [5.74, 6) is 0.295. The van der Waals surface area contributed by atoms with Crippen LogP contribution in [0.15, 0.2) is 18.3 Å². The number of aromatic nitrogens is 1. The summed E-state index contributed by atoms with van der Waals surface area (Å²) >= 11 is 0. The molecule has 0 bridgehead atoms. The number of nitrogens with zero attached hydrogens (tertiary/aromatic N) is 2. The van der Waals surface area contributed by atoms with Crippen LogP contribution in [0.5, 0.6) is 0 Å².